The molecular weight excluding hydrogens is 381 g/mol. The lowest BCUT2D eigenvalue weighted by Gasteiger charge is -2.12. The molecule has 29 heavy (non-hydrogen) atoms. The number of hydrogen-bond acceptors (Lipinski definition) is 7. The van der Waals surface area contributed by atoms with E-state index in [-0.39, 0.29) is 41.5 Å². The Balaban J connectivity index is 2.21. The van der Waals surface area contributed by atoms with Gasteiger partial charge in [0.2, 0.25) is 0 Å². The standard InChI is InChI=1S/C20H20FN3O5/c1-28-6-7-29-18-10-16(23)13(8-14(18)21)19(24)17(25)9-15(22)11-2-4-12(5-3-11)20(26)27/h2-5,8-10,22,24-25H,6-7,23H2,1H3,(H,26,27)/b17-9-,22-15?,24-19?. The number of nitrogens with two attached hydrogens (primary N) is 1. The van der Waals surface area contributed by atoms with Crippen LogP contribution in [-0.2, 0) is 4.74 Å². The number of aromatic carboxylic acids is 1. The molecule has 2 rings (SSSR count). The van der Waals surface area contributed by atoms with Crippen molar-refractivity contribution < 1.29 is 28.9 Å². The maximum absolute atomic E-state index is 14.2. The van der Waals surface area contributed by atoms with Crippen molar-refractivity contribution in [2.45, 2.75) is 0 Å². The first-order valence-corrected chi connectivity index (χ1v) is 8.37. The van der Waals surface area contributed by atoms with Gasteiger partial charge in [-0.15, -0.1) is 0 Å². The van der Waals surface area contributed by atoms with Crippen LogP contribution < -0.4 is 10.5 Å². The maximum Gasteiger partial charge on any atom is 0.335 e. The van der Waals surface area contributed by atoms with E-state index in [2.05, 4.69) is 0 Å². The number of benzene rings is 2. The van der Waals surface area contributed by atoms with Crippen LogP contribution in [-0.4, -0.2) is 47.9 Å². The van der Waals surface area contributed by atoms with Crippen LogP contribution in [0.2, 0.25) is 0 Å². The highest BCUT2D eigenvalue weighted by Gasteiger charge is 2.16. The third-order valence-corrected chi connectivity index (χ3v) is 3.90. The van der Waals surface area contributed by atoms with Crippen molar-refractivity contribution in [3.8, 4) is 5.75 Å². The van der Waals surface area contributed by atoms with Gasteiger partial charge in [0, 0.05) is 30.5 Å². The van der Waals surface area contributed by atoms with E-state index in [1.54, 1.807) is 0 Å². The summed E-state index contributed by atoms with van der Waals surface area (Å²) in [6.45, 7) is 0.378. The zero-order chi connectivity index (χ0) is 21.6. The second-order valence-electron chi connectivity index (χ2n) is 5.91. The first-order chi connectivity index (χ1) is 13.7. The van der Waals surface area contributed by atoms with Crippen LogP contribution >= 0.6 is 0 Å². The van der Waals surface area contributed by atoms with Gasteiger partial charge in [-0.05, 0) is 23.8 Å². The minimum atomic E-state index is -1.10. The van der Waals surface area contributed by atoms with Crippen LogP contribution in [0, 0.1) is 16.6 Å². The predicted octanol–water partition coefficient (Wildman–Crippen LogP) is 3.01. The zero-order valence-corrected chi connectivity index (χ0v) is 15.5. The van der Waals surface area contributed by atoms with Crippen LogP contribution in [0.3, 0.4) is 0 Å². The molecule has 0 atom stereocenters. The summed E-state index contributed by atoms with van der Waals surface area (Å²) in [4.78, 5) is 10.9. The van der Waals surface area contributed by atoms with E-state index in [4.69, 9.17) is 31.1 Å². The Labute approximate surface area is 166 Å². The molecule has 6 N–H and O–H groups in total. The number of allylic oxidation sites excluding steroid dienone is 2. The fourth-order valence-corrected chi connectivity index (χ4v) is 2.35. The van der Waals surface area contributed by atoms with Gasteiger partial charge in [-0.3, -0.25) is 5.41 Å². The highest BCUT2D eigenvalue weighted by Crippen LogP contribution is 2.26. The normalized spacial score (nSPS) is 11.2. The van der Waals surface area contributed by atoms with Crippen LogP contribution in [0.25, 0.3) is 0 Å². The molecule has 0 aromatic heterocycles. The fourth-order valence-electron chi connectivity index (χ4n) is 2.35. The SMILES string of the molecule is COCCOc1cc(N)c(C(=N)/C(O)=C/C(=N)c2ccc(C(=O)O)cc2)cc1F. The van der Waals surface area contributed by atoms with Crippen molar-refractivity contribution in [3.63, 3.8) is 0 Å². The maximum atomic E-state index is 14.2. The molecule has 0 saturated heterocycles. The van der Waals surface area contributed by atoms with E-state index in [9.17, 15) is 14.3 Å². The lowest BCUT2D eigenvalue weighted by molar-refractivity contribution is 0.0697. The quantitative estimate of drug-likeness (QED) is 0.189. The summed E-state index contributed by atoms with van der Waals surface area (Å²) in [5.41, 5.74) is 5.55. The Kier molecular flexibility index (Phi) is 7.05. The zero-order valence-electron chi connectivity index (χ0n) is 15.5. The molecule has 0 unspecified atom stereocenters. The van der Waals surface area contributed by atoms with E-state index in [0.717, 1.165) is 12.1 Å². The van der Waals surface area contributed by atoms with Crippen molar-refractivity contribution in [2.75, 3.05) is 26.1 Å². The molecule has 8 nitrogen and oxygen atoms in total. The molecule has 0 amide bonds. The molecule has 0 heterocycles. The third kappa shape index (κ3) is 5.39. The molecule has 0 radical (unpaired) electrons. The van der Waals surface area contributed by atoms with E-state index < -0.39 is 23.3 Å². The molecule has 152 valence electrons. The highest BCUT2D eigenvalue weighted by molar-refractivity contribution is 6.17. The molecule has 2 aromatic rings. The summed E-state index contributed by atoms with van der Waals surface area (Å²) < 4.78 is 24.2. The summed E-state index contributed by atoms with van der Waals surface area (Å²) in [6, 6.07) is 7.61. The molecule has 2 aromatic carbocycles. The highest BCUT2D eigenvalue weighted by atomic mass is 19.1. The second-order valence-corrected chi connectivity index (χ2v) is 5.91. The number of nitrogens with one attached hydrogen (secondary N) is 2. The average Bonchev–Trinajstić information content (AvgIpc) is 2.69. The van der Waals surface area contributed by atoms with Crippen molar-refractivity contribution >= 4 is 23.1 Å². The summed E-state index contributed by atoms with van der Waals surface area (Å²) >= 11 is 0. The number of halogens is 1. The van der Waals surface area contributed by atoms with Crippen molar-refractivity contribution in [1.82, 2.24) is 0 Å². The summed E-state index contributed by atoms with van der Waals surface area (Å²) in [6.07, 6.45) is 0.998. The van der Waals surface area contributed by atoms with Gasteiger partial charge in [0.05, 0.1) is 17.9 Å². The van der Waals surface area contributed by atoms with Gasteiger partial charge in [0.1, 0.15) is 18.1 Å². The molecule has 0 spiro atoms. The second kappa shape index (κ2) is 9.47. The first-order valence-electron chi connectivity index (χ1n) is 8.37. The molecule has 0 aliphatic rings. The Hall–Kier alpha value is -3.72. The minimum Gasteiger partial charge on any atom is -0.506 e. The monoisotopic (exact) mass is 401 g/mol. The van der Waals surface area contributed by atoms with Crippen molar-refractivity contribution in [2.24, 2.45) is 0 Å². The van der Waals surface area contributed by atoms with Crippen LogP contribution in [0.15, 0.2) is 48.2 Å². The van der Waals surface area contributed by atoms with Gasteiger partial charge in [0.15, 0.2) is 11.6 Å². The smallest absolute Gasteiger partial charge is 0.335 e. The number of hydrogen-bond donors (Lipinski definition) is 5. The number of nitrogen functional groups attached to an aromatic ring is 1. The number of carboxylic acid groups (broad SMARTS) is 1. The number of aliphatic hydroxyl groups is 1. The average molecular weight is 401 g/mol. The van der Waals surface area contributed by atoms with Crippen molar-refractivity contribution in [3.05, 3.63) is 70.7 Å². The van der Waals surface area contributed by atoms with Crippen molar-refractivity contribution in [1.29, 1.82) is 10.8 Å². The Morgan fingerprint density at radius 1 is 1.14 bits per heavy atom. The number of methoxy groups -OCH3 is 1. The number of anilines is 1. The van der Waals surface area contributed by atoms with Gasteiger partial charge in [-0.1, -0.05) is 12.1 Å². The lowest BCUT2D eigenvalue weighted by atomic mass is 10.0. The Morgan fingerprint density at radius 2 is 1.76 bits per heavy atom. The Bertz CT molecular complexity index is 971. The molecule has 0 aliphatic heterocycles. The molecule has 0 aliphatic carbocycles. The number of ether oxygens (including phenoxy) is 2. The molecule has 0 fully saturated rings. The Morgan fingerprint density at radius 3 is 2.34 bits per heavy atom. The fraction of sp³-hybridized carbons (Fsp3) is 0.150. The predicted molar refractivity (Wildman–Crippen MR) is 106 cm³/mol. The van der Waals surface area contributed by atoms with Gasteiger partial charge < -0.3 is 30.8 Å². The number of aliphatic hydroxyl groups excluding tert-OH is 1. The molecule has 9 heteroatoms. The minimum absolute atomic E-state index is 0.0149. The molecule has 0 bridgehead atoms. The van der Waals surface area contributed by atoms with E-state index in [1.165, 1.54) is 37.4 Å². The van der Waals surface area contributed by atoms with Crippen LogP contribution in [0.4, 0.5) is 10.1 Å². The summed E-state index contributed by atoms with van der Waals surface area (Å²) in [5, 5.41) is 35.1. The number of rotatable bonds is 9. The summed E-state index contributed by atoms with van der Waals surface area (Å²) in [5.74, 6) is -2.57. The third-order valence-electron chi connectivity index (χ3n) is 3.90. The van der Waals surface area contributed by atoms with Gasteiger partial charge in [-0.25, -0.2) is 9.18 Å². The van der Waals surface area contributed by atoms with Crippen LogP contribution in [0.1, 0.15) is 21.5 Å². The summed E-state index contributed by atoms with van der Waals surface area (Å²) in [7, 11) is 1.48. The van der Waals surface area contributed by atoms with Gasteiger partial charge in [0.25, 0.3) is 0 Å². The topological polar surface area (TPSA) is 150 Å². The number of carbonyl (C=O) groups is 1. The largest absolute Gasteiger partial charge is 0.506 e. The lowest BCUT2D eigenvalue weighted by Crippen LogP contribution is -2.11. The number of carboxylic acids is 1. The van der Waals surface area contributed by atoms with E-state index in [0.29, 0.717) is 5.56 Å². The van der Waals surface area contributed by atoms with Gasteiger partial charge >= 0.3 is 5.97 Å². The van der Waals surface area contributed by atoms with Crippen LogP contribution in [0.5, 0.6) is 5.75 Å². The van der Waals surface area contributed by atoms with E-state index in [1.807, 2.05) is 0 Å². The van der Waals surface area contributed by atoms with Gasteiger partial charge in [-0.2, -0.15) is 0 Å². The first kappa shape index (κ1) is 21.6. The van der Waals surface area contributed by atoms with E-state index >= 15 is 0 Å². The molecular formula is C20H20FN3O5. The molecule has 0 saturated carbocycles.